The first kappa shape index (κ1) is 26.1. The summed E-state index contributed by atoms with van der Waals surface area (Å²) in [5.74, 6) is 0. The number of nitrogens with one attached hydrogen (secondary N) is 1. The highest BCUT2D eigenvalue weighted by molar-refractivity contribution is 5.67. The Morgan fingerprint density at radius 2 is 1.61 bits per heavy atom. The van der Waals surface area contributed by atoms with Gasteiger partial charge in [-0.3, -0.25) is 4.98 Å². The van der Waals surface area contributed by atoms with Gasteiger partial charge in [0.05, 0.1) is 5.69 Å². The molecule has 0 aliphatic carbocycles. The number of hydrogen-bond donors (Lipinski definition) is 1. The molecule has 1 heterocycles. The summed E-state index contributed by atoms with van der Waals surface area (Å²) in [5, 5.41) is 3.37. The predicted molar refractivity (Wildman–Crippen MR) is 134 cm³/mol. The number of halogens is 1. The predicted octanol–water partition coefficient (Wildman–Crippen LogP) is 8.07. The summed E-state index contributed by atoms with van der Waals surface area (Å²) in [7, 11) is 0. The minimum absolute atomic E-state index is 0.626. The Kier molecular flexibility index (Phi) is 10.7. The van der Waals surface area contributed by atoms with Crippen LogP contribution in [0.25, 0.3) is 17.0 Å². The molecular formula is C28H37FN2. The number of hydrogen-bond acceptors (Lipinski definition) is 2. The highest BCUT2D eigenvalue weighted by Crippen LogP contribution is 2.28. The molecule has 1 aromatic heterocycles. The van der Waals surface area contributed by atoms with E-state index >= 15 is 0 Å². The highest BCUT2D eigenvalue weighted by Gasteiger charge is 2.19. The van der Waals surface area contributed by atoms with Crippen molar-refractivity contribution in [3.63, 3.8) is 0 Å². The lowest BCUT2D eigenvalue weighted by molar-refractivity contribution is 0.221. The fraction of sp³-hybridized carbons (Fsp3) is 0.321. The van der Waals surface area contributed by atoms with Crippen molar-refractivity contribution in [3.05, 3.63) is 95.7 Å². The minimum Gasteiger partial charge on any atom is -0.381 e. The van der Waals surface area contributed by atoms with Crippen LogP contribution in [0.2, 0.25) is 0 Å². The Labute approximate surface area is 188 Å². The zero-order chi connectivity index (χ0) is 23.4. The molecule has 2 nitrogen and oxygen atoms in total. The Morgan fingerprint density at radius 3 is 2.19 bits per heavy atom. The standard InChI is InChI=1S/C24H25FN2.2C2H6/c1-17-6-5-7-19(14-17)16-27-18(2)20-8-10-21(11-9-20)23-15-22(12-13-26-23)24(3,4)25;2*1-2/h5-15,27H,2,16H2,1,3-4H3;2*1-2H3. The van der Waals surface area contributed by atoms with Crippen molar-refractivity contribution in [2.45, 2.75) is 60.7 Å². The molecular weight excluding hydrogens is 383 g/mol. The molecule has 0 aliphatic heterocycles. The van der Waals surface area contributed by atoms with Crippen LogP contribution in [0, 0.1) is 6.92 Å². The van der Waals surface area contributed by atoms with Gasteiger partial charge in [-0.25, -0.2) is 4.39 Å². The third kappa shape index (κ3) is 8.01. The Balaban J connectivity index is 0.00000113. The summed E-state index contributed by atoms with van der Waals surface area (Å²) >= 11 is 0. The van der Waals surface area contributed by atoms with Gasteiger partial charge in [0.1, 0.15) is 5.67 Å². The van der Waals surface area contributed by atoms with Gasteiger partial charge in [-0.15, -0.1) is 0 Å². The third-order valence-electron chi connectivity index (χ3n) is 4.56. The first-order chi connectivity index (χ1) is 14.8. The van der Waals surface area contributed by atoms with Gasteiger partial charge in [0.15, 0.2) is 0 Å². The van der Waals surface area contributed by atoms with Crippen molar-refractivity contribution in [2.75, 3.05) is 0 Å². The lowest BCUT2D eigenvalue weighted by Crippen LogP contribution is -2.11. The number of alkyl halides is 1. The van der Waals surface area contributed by atoms with E-state index in [1.165, 1.54) is 11.1 Å². The SMILES string of the molecule is C=C(NCc1cccc(C)c1)c1ccc(-c2cc(C(C)(C)F)ccn2)cc1.CC.CC. The molecule has 0 bridgehead atoms. The first-order valence-electron chi connectivity index (χ1n) is 11.1. The average molecular weight is 421 g/mol. The van der Waals surface area contributed by atoms with E-state index in [4.69, 9.17) is 0 Å². The number of rotatable bonds is 6. The summed E-state index contributed by atoms with van der Waals surface area (Å²) in [5.41, 5.74) is 5.33. The van der Waals surface area contributed by atoms with Gasteiger partial charge in [-0.05, 0) is 49.6 Å². The maximum Gasteiger partial charge on any atom is 0.130 e. The largest absolute Gasteiger partial charge is 0.381 e. The van der Waals surface area contributed by atoms with Crippen molar-refractivity contribution in [1.29, 1.82) is 0 Å². The maximum absolute atomic E-state index is 14.2. The Morgan fingerprint density at radius 1 is 0.968 bits per heavy atom. The molecule has 0 atom stereocenters. The smallest absolute Gasteiger partial charge is 0.130 e. The molecule has 0 saturated heterocycles. The van der Waals surface area contributed by atoms with Gasteiger partial charge < -0.3 is 5.32 Å². The molecule has 1 N–H and O–H groups in total. The van der Waals surface area contributed by atoms with E-state index in [1.54, 1.807) is 32.2 Å². The van der Waals surface area contributed by atoms with Crippen LogP contribution < -0.4 is 5.32 Å². The zero-order valence-corrected chi connectivity index (χ0v) is 20.1. The van der Waals surface area contributed by atoms with Crippen LogP contribution >= 0.6 is 0 Å². The molecule has 0 saturated carbocycles. The molecule has 3 heteroatoms. The molecule has 0 radical (unpaired) electrons. The van der Waals surface area contributed by atoms with Crippen LogP contribution in [0.15, 0.2) is 73.4 Å². The van der Waals surface area contributed by atoms with Crippen LogP contribution in [0.1, 0.15) is 63.8 Å². The van der Waals surface area contributed by atoms with Crippen LogP contribution in [-0.4, -0.2) is 4.98 Å². The number of pyridine rings is 1. The topological polar surface area (TPSA) is 24.9 Å². The quantitative estimate of drug-likeness (QED) is 0.436. The summed E-state index contributed by atoms with van der Waals surface area (Å²) in [4.78, 5) is 4.38. The molecule has 3 aromatic rings. The van der Waals surface area contributed by atoms with Gasteiger partial charge in [-0.1, -0.05) is 88.4 Å². The van der Waals surface area contributed by atoms with E-state index in [0.29, 0.717) is 5.56 Å². The second-order valence-corrected chi connectivity index (χ2v) is 7.30. The second kappa shape index (κ2) is 12.7. The molecule has 0 aliphatic rings. The van der Waals surface area contributed by atoms with E-state index in [0.717, 1.165) is 29.1 Å². The van der Waals surface area contributed by atoms with Crippen molar-refractivity contribution >= 4 is 5.70 Å². The zero-order valence-electron chi connectivity index (χ0n) is 20.1. The Bertz CT molecular complexity index is 938. The molecule has 166 valence electrons. The summed E-state index contributed by atoms with van der Waals surface area (Å²) in [6, 6.07) is 19.9. The monoisotopic (exact) mass is 420 g/mol. The highest BCUT2D eigenvalue weighted by atomic mass is 19.1. The number of benzene rings is 2. The van der Waals surface area contributed by atoms with Gasteiger partial charge in [0, 0.05) is 24.0 Å². The summed E-state index contributed by atoms with van der Waals surface area (Å²) < 4.78 is 14.2. The van der Waals surface area contributed by atoms with Crippen LogP contribution in [-0.2, 0) is 12.2 Å². The van der Waals surface area contributed by atoms with E-state index < -0.39 is 5.67 Å². The van der Waals surface area contributed by atoms with Crippen molar-refractivity contribution in [3.8, 4) is 11.3 Å². The fourth-order valence-corrected chi connectivity index (χ4v) is 2.93. The molecule has 31 heavy (non-hydrogen) atoms. The maximum atomic E-state index is 14.2. The van der Waals surface area contributed by atoms with Gasteiger partial charge in [-0.2, -0.15) is 0 Å². The lowest BCUT2D eigenvalue weighted by Gasteiger charge is -2.15. The fourth-order valence-electron chi connectivity index (χ4n) is 2.93. The summed E-state index contributed by atoms with van der Waals surface area (Å²) in [6.45, 7) is 18.1. The summed E-state index contributed by atoms with van der Waals surface area (Å²) in [6.07, 6.45) is 1.66. The lowest BCUT2D eigenvalue weighted by atomic mass is 9.98. The number of nitrogens with zero attached hydrogens (tertiary/aromatic N) is 1. The van der Waals surface area contributed by atoms with Crippen molar-refractivity contribution < 1.29 is 4.39 Å². The Hall–Kier alpha value is -2.94. The van der Waals surface area contributed by atoms with E-state index in [-0.39, 0.29) is 0 Å². The van der Waals surface area contributed by atoms with Crippen molar-refractivity contribution in [2.24, 2.45) is 0 Å². The van der Waals surface area contributed by atoms with Gasteiger partial charge in [0.2, 0.25) is 0 Å². The van der Waals surface area contributed by atoms with E-state index in [9.17, 15) is 4.39 Å². The molecule has 0 fully saturated rings. The van der Waals surface area contributed by atoms with Crippen LogP contribution in [0.5, 0.6) is 0 Å². The number of aromatic nitrogens is 1. The van der Waals surface area contributed by atoms with E-state index in [2.05, 4.69) is 48.1 Å². The number of aryl methyl sites for hydroxylation is 1. The molecule has 2 aromatic carbocycles. The molecule has 0 amide bonds. The van der Waals surface area contributed by atoms with Crippen LogP contribution in [0.3, 0.4) is 0 Å². The molecule has 0 unspecified atom stereocenters. The molecule has 0 spiro atoms. The minimum atomic E-state index is -1.38. The van der Waals surface area contributed by atoms with Gasteiger partial charge >= 0.3 is 0 Å². The second-order valence-electron chi connectivity index (χ2n) is 7.30. The van der Waals surface area contributed by atoms with Gasteiger partial charge in [0.25, 0.3) is 0 Å². The van der Waals surface area contributed by atoms with Crippen LogP contribution in [0.4, 0.5) is 4.39 Å². The van der Waals surface area contributed by atoms with Crippen molar-refractivity contribution in [1.82, 2.24) is 10.3 Å². The first-order valence-corrected chi connectivity index (χ1v) is 11.1. The molecule has 3 rings (SSSR count). The third-order valence-corrected chi connectivity index (χ3v) is 4.56. The van der Waals surface area contributed by atoms with E-state index in [1.807, 2.05) is 52.0 Å². The normalized spacial score (nSPS) is 10.2. The average Bonchev–Trinajstić information content (AvgIpc) is 2.80.